The number of nitrogens with zero attached hydrogens (tertiary/aromatic N) is 2. The first kappa shape index (κ1) is 46.2. The molecule has 2 nitrogen and oxygen atoms in total. The number of unbranched alkanes of at least 4 members (excludes halogenated alkanes) is 6. The SMILES string of the molecule is CCCCC1=C(c2cc(C)c(C)c(C)c2)[N+](=[N-])C(c2cc(CCCC)c(CCCC)c(CCCC)c2)=C1CC.[CH2-]CCC.[CH2-]CCC.[Pd+2]. The minimum atomic E-state index is 0. The Morgan fingerprint density at radius 1 is 0.542 bits per heavy atom. The standard InChI is InChI=1S/C37H54N2.2C4H9.Pd/c1-9-14-18-29-24-32(25-30(19-15-10-2)34(29)20-16-11-3)36-33(13-5)35(21-17-12-4)37(39(36)38)31-22-26(6)28(8)27(7)23-31;2*1-3-4-2;/h22-25H,9-21H2,1-8H3;2*1,3-4H2,2H3;/q;2*-1;+2. The molecule has 0 unspecified atom stereocenters. The van der Waals surface area contributed by atoms with Crippen LogP contribution in [0.5, 0.6) is 0 Å². The van der Waals surface area contributed by atoms with Crippen molar-refractivity contribution in [2.75, 3.05) is 0 Å². The number of allylic oxidation sites excluding steroid dienone is 2. The molecule has 1 aliphatic heterocycles. The van der Waals surface area contributed by atoms with Gasteiger partial charge in [0, 0.05) is 22.3 Å². The van der Waals surface area contributed by atoms with Crippen LogP contribution >= 0.6 is 0 Å². The molecule has 0 saturated heterocycles. The Kier molecular flexibility index (Phi) is 25.1. The van der Waals surface area contributed by atoms with Crippen LogP contribution in [0.4, 0.5) is 0 Å². The first-order valence-electron chi connectivity index (χ1n) is 19.4. The number of benzene rings is 2. The molecule has 0 saturated carbocycles. The predicted octanol–water partition coefficient (Wildman–Crippen LogP) is 14.6. The van der Waals surface area contributed by atoms with Crippen molar-refractivity contribution in [2.24, 2.45) is 0 Å². The molecule has 0 aromatic heterocycles. The van der Waals surface area contributed by atoms with Crippen LogP contribution in [0, 0.1) is 34.6 Å². The summed E-state index contributed by atoms with van der Waals surface area (Å²) in [6.07, 6.45) is 19.5. The summed E-state index contributed by atoms with van der Waals surface area (Å²) >= 11 is 0. The van der Waals surface area contributed by atoms with E-state index in [2.05, 4.69) is 107 Å². The van der Waals surface area contributed by atoms with Gasteiger partial charge in [0.05, 0.1) is 0 Å². The van der Waals surface area contributed by atoms with Crippen molar-refractivity contribution in [3.8, 4) is 0 Å². The maximum atomic E-state index is 12.0. The second kappa shape index (κ2) is 26.1. The van der Waals surface area contributed by atoms with E-state index in [4.69, 9.17) is 0 Å². The Bertz CT molecular complexity index is 1240. The molecule has 1 heterocycles. The van der Waals surface area contributed by atoms with Gasteiger partial charge in [0.25, 0.3) is 0 Å². The van der Waals surface area contributed by atoms with E-state index in [1.54, 1.807) is 10.3 Å². The fourth-order valence-electron chi connectivity index (χ4n) is 6.21. The normalized spacial score (nSPS) is 12.5. The molecule has 0 N–H and O–H groups in total. The Morgan fingerprint density at radius 3 is 1.31 bits per heavy atom. The Morgan fingerprint density at radius 2 is 0.917 bits per heavy atom. The average Bonchev–Trinajstić information content (AvgIpc) is 3.37. The summed E-state index contributed by atoms with van der Waals surface area (Å²) in [5.41, 5.74) is 27.6. The van der Waals surface area contributed by atoms with Crippen LogP contribution in [-0.2, 0) is 39.7 Å². The summed E-state index contributed by atoms with van der Waals surface area (Å²) in [7, 11) is 0. The van der Waals surface area contributed by atoms with Crippen LogP contribution in [-0.4, -0.2) is 4.70 Å². The van der Waals surface area contributed by atoms with Crippen molar-refractivity contribution < 1.29 is 25.1 Å². The molecule has 0 fully saturated rings. The molecular weight excluding hydrogens is 675 g/mol. The fraction of sp³-hybridized carbons (Fsp3) is 0.600. The summed E-state index contributed by atoms with van der Waals surface area (Å²) in [6, 6.07) is 9.43. The zero-order chi connectivity index (χ0) is 35.4. The molecule has 2 aromatic carbocycles. The van der Waals surface area contributed by atoms with Gasteiger partial charge in [-0.2, -0.15) is 12.8 Å². The molecule has 1 aliphatic rings. The molecule has 0 aliphatic carbocycles. The van der Waals surface area contributed by atoms with Gasteiger partial charge in [0.1, 0.15) is 0 Å². The minimum Gasteiger partial charge on any atom is -0.493 e. The van der Waals surface area contributed by atoms with E-state index >= 15 is 0 Å². The zero-order valence-corrected chi connectivity index (χ0v) is 34.5. The molecule has 0 amide bonds. The number of hydrogen-bond acceptors (Lipinski definition) is 0. The number of rotatable bonds is 17. The van der Waals surface area contributed by atoms with Gasteiger partial charge in [0.15, 0.2) is 0 Å². The van der Waals surface area contributed by atoms with Crippen molar-refractivity contribution in [1.29, 1.82) is 0 Å². The van der Waals surface area contributed by atoms with E-state index in [1.165, 1.54) is 102 Å². The summed E-state index contributed by atoms with van der Waals surface area (Å²) in [5.74, 6) is 0. The topological polar surface area (TPSA) is 25.3 Å². The Labute approximate surface area is 312 Å². The summed E-state index contributed by atoms with van der Waals surface area (Å²) in [6.45, 7) is 29.4. The third kappa shape index (κ3) is 13.5. The van der Waals surface area contributed by atoms with Gasteiger partial charge in [-0.1, -0.05) is 87.0 Å². The second-order valence-electron chi connectivity index (χ2n) is 13.4. The average molecular weight is 748 g/mol. The van der Waals surface area contributed by atoms with Crippen LogP contribution < -0.4 is 0 Å². The smallest absolute Gasteiger partial charge is 0.493 e. The van der Waals surface area contributed by atoms with Gasteiger partial charge in [-0.25, -0.2) is 4.70 Å². The van der Waals surface area contributed by atoms with Crippen LogP contribution in [0.15, 0.2) is 35.4 Å². The van der Waals surface area contributed by atoms with Gasteiger partial charge in [-0.15, -0.1) is 0 Å². The van der Waals surface area contributed by atoms with E-state index in [0.717, 1.165) is 68.3 Å². The van der Waals surface area contributed by atoms with Crippen LogP contribution in [0.2, 0.25) is 0 Å². The third-order valence-corrected chi connectivity index (χ3v) is 9.49. The molecule has 48 heavy (non-hydrogen) atoms. The third-order valence-electron chi connectivity index (χ3n) is 9.49. The molecular formula is C45H72N2Pd. The number of hydrogen-bond donors (Lipinski definition) is 0. The summed E-state index contributed by atoms with van der Waals surface area (Å²) < 4.78 is 1.57. The van der Waals surface area contributed by atoms with E-state index < -0.39 is 0 Å². The van der Waals surface area contributed by atoms with Gasteiger partial charge in [-0.3, -0.25) is 0 Å². The van der Waals surface area contributed by atoms with Crippen molar-refractivity contribution in [3.05, 3.63) is 99.3 Å². The van der Waals surface area contributed by atoms with Crippen molar-refractivity contribution in [3.63, 3.8) is 0 Å². The van der Waals surface area contributed by atoms with E-state index in [1.807, 2.05) is 0 Å². The van der Waals surface area contributed by atoms with Gasteiger partial charge < -0.3 is 19.4 Å². The maximum Gasteiger partial charge on any atom is 2.00 e. The number of aryl methyl sites for hydroxylation is 4. The molecule has 2 aromatic rings. The van der Waals surface area contributed by atoms with Gasteiger partial charge >= 0.3 is 20.4 Å². The van der Waals surface area contributed by atoms with Crippen LogP contribution in [0.25, 0.3) is 16.9 Å². The Hall–Kier alpha value is -1.82. The summed E-state index contributed by atoms with van der Waals surface area (Å²) in [4.78, 5) is 0. The predicted molar refractivity (Wildman–Crippen MR) is 211 cm³/mol. The van der Waals surface area contributed by atoms with Gasteiger partial charge in [-0.05, 0) is 136 Å². The summed E-state index contributed by atoms with van der Waals surface area (Å²) in [5, 5.41) is 0. The Balaban J connectivity index is 0.00000221. The zero-order valence-electron chi connectivity index (χ0n) is 33.0. The molecule has 0 spiro atoms. The molecule has 0 atom stereocenters. The first-order chi connectivity index (χ1) is 22.6. The molecule has 0 radical (unpaired) electrons. The van der Waals surface area contributed by atoms with E-state index in [0.29, 0.717) is 0 Å². The van der Waals surface area contributed by atoms with Gasteiger partial charge in [0.2, 0.25) is 11.4 Å². The fourth-order valence-corrected chi connectivity index (χ4v) is 6.21. The quantitative estimate of drug-likeness (QED) is 0.0875. The molecule has 3 heteroatoms. The van der Waals surface area contributed by atoms with Crippen molar-refractivity contribution in [1.82, 2.24) is 0 Å². The first-order valence-corrected chi connectivity index (χ1v) is 19.4. The van der Waals surface area contributed by atoms with E-state index in [9.17, 15) is 5.53 Å². The molecule has 0 bridgehead atoms. The maximum absolute atomic E-state index is 12.0. The second-order valence-corrected chi connectivity index (χ2v) is 13.4. The van der Waals surface area contributed by atoms with Crippen LogP contribution in [0.1, 0.15) is 183 Å². The van der Waals surface area contributed by atoms with E-state index in [-0.39, 0.29) is 20.4 Å². The minimum absolute atomic E-state index is 0. The largest absolute Gasteiger partial charge is 2.00 e. The molecule has 3 rings (SSSR count). The molecule has 272 valence electrons. The monoisotopic (exact) mass is 746 g/mol. The van der Waals surface area contributed by atoms with Crippen molar-refractivity contribution >= 4 is 11.4 Å². The van der Waals surface area contributed by atoms with Crippen molar-refractivity contribution in [2.45, 2.75) is 178 Å². The van der Waals surface area contributed by atoms with Crippen LogP contribution in [0.3, 0.4) is 0 Å².